The molecule has 176 valence electrons. The number of aryl methyl sites for hydroxylation is 2. The fraction of sp³-hybridized carbons (Fsp3) is 0.269. The van der Waals surface area contributed by atoms with Gasteiger partial charge in [0.05, 0.1) is 25.3 Å². The number of aromatic nitrogens is 1. The number of aliphatic hydroxyl groups excluding tert-OH is 1. The smallest absolute Gasteiger partial charge is 0.301 e. The van der Waals surface area contributed by atoms with Crippen molar-refractivity contribution in [3.8, 4) is 11.5 Å². The maximum Gasteiger partial charge on any atom is 0.301 e. The number of aliphatic hydroxyl groups is 1. The summed E-state index contributed by atoms with van der Waals surface area (Å²) in [5.41, 5.74) is 1.73. The topological polar surface area (TPSA) is 102 Å². The summed E-state index contributed by atoms with van der Waals surface area (Å²) in [5, 5.41) is 15.2. The van der Waals surface area contributed by atoms with Crippen LogP contribution in [0, 0.1) is 13.8 Å². The number of carbonyl (C=O) groups is 2. The van der Waals surface area contributed by atoms with E-state index in [1.807, 2.05) is 13.8 Å². The van der Waals surface area contributed by atoms with Crippen LogP contribution in [0.1, 0.15) is 41.8 Å². The predicted molar refractivity (Wildman–Crippen MR) is 126 cm³/mol. The molecule has 3 aromatic rings. The zero-order chi connectivity index (χ0) is 24.4. The minimum Gasteiger partial charge on any atom is -0.507 e. The number of amides is 1. The average Bonchev–Trinajstić information content (AvgIpc) is 3.37. The Morgan fingerprint density at radius 1 is 1.15 bits per heavy atom. The molecule has 0 unspecified atom stereocenters. The van der Waals surface area contributed by atoms with Crippen LogP contribution >= 0.6 is 0 Å². The number of methoxy groups -OCH3 is 1. The second kappa shape index (κ2) is 9.43. The molecule has 0 saturated carbocycles. The largest absolute Gasteiger partial charge is 0.507 e. The molecule has 0 bridgehead atoms. The number of hydrogen-bond donors (Lipinski definition) is 1. The number of hydrogen-bond acceptors (Lipinski definition) is 7. The van der Waals surface area contributed by atoms with E-state index in [0.29, 0.717) is 35.0 Å². The molecule has 34 heavy (non-hydrogen) atoms. The van der Waals surface area contributed by atoms with Crippen molar-refractivity contribution in [2.24, 2.45) is 0 Å². The summed E-state index contributed by atoms with van der Waals surface area (Å²) >= 11 is 0. The standard InChI is InChI=1S/C26H26N2O6/c1-5-11-33-19-8-6-7-17(14-19)23-22(24(29)18-9-10-20(32-4)15(2)12-18)25(30)26(31)28(23)21-13-16(3)34-27-21/h6-10,12-14,23,29H,5,11H2,1-4H3/t23-/m0/s1. The number of anilines is 1. The molecule has 8 nitrogen and oxygen atoms in total. The van der Waals surface area contributed by atoms with E-state index in [1.54, 1.807) is 62.6 Å². The van der Waals surface area contributed by atoms with Crippen molar-refractivity contribution >= 4 is 23.3 Å². The molecule has 1 fully saturated rings. The average molecular weight is 463 g/mol. The van der Waals surface area contributed by atoms with E-state index in [2.05, 4.69) is 5.16 Å². The third-order valence-electron chi connectivity index (χ3n) is 5.62. The van der Waals surface area contributed by atoms with Gasteiger partial charge in [-0.25, -0.2) is 0 Å². The second-order valence-electron chi connectivity index (χ2n) is 8.07. The van der Waals surface area contributed by atoms with Gasteiger partial charge in [0.25, 0.3) is 5.78 Å². The van der Waals surface area contributed by atoms with Crippen LogP contribution in [-0.2, 0) is 9.59 Å². The van der Waals surface area contributed by atoms with E-state index in [4.69, 9.17) is 14.0 Å². The highest BCUT2D eigenvalue weighted by atomic mass is 16.5. The lowest BCUT2D eigenvalue weighted by Crippen LogP contribution is -2.29. The van der Waals surface area contributed by atoms with Gasteiger partial charge in [0, 0.05) is 11.6 Å². The first-order chi connectivity index (χ1) is 16.3. The van der Waals surface area contributed by atoms with Crippen molar-refractivity contribution in [3.05, 3.63) is 76.6 Å². The number of carbonyl (C=O) groups excluding carboxylic acids is 2. The molecule has 4 rings (SSSR count). The fourth-order valence-corrected chi connectivity index (χ4v) is 4.03. The van der Waals surface area contributed by atoms with Gasteiger partial charge < -0.3 is 19.1 Å². The van der Waals surface area contributed by atoms with Gasteiger partial charge in [0.2, 0.25) is 0 Å². The summed E-state index contributed by atoms with van der Waals surface area (Å²) in [4.78, 5) is 27.7. The van der Waals surface area contributed by atoms with Crippen LogP contribution in [0.2, 0.25) is 0 Å². The molecule has 1 aromatic heterocycles. The minimum absolute atomic E-state index is 0.0390. The molecule has 0 spiro atoms. The van der Waals surface area contributed by atoms with Gasteiger partial charge in [0.15, 0.2) is 5.82 Å². The maximum atomic E-state index is 13.2. The predicted octanol–water partition coefficient (Wildman–Crippen LogP) is 4.72. The minimum atomic E-state index is -0.919. The molecule has 1 amide bonds. The molecule has 1 aliphatic rings. The van der Waals surface area contributed by atoms with Crippen molar-refractivity contribution < 1.29 is 28.7 Å². The first-order valence-electron chi connectivity index (χ1n) is 11.0. The van der Waals surface area contributed by atoms with E-state index in [1.165, 1.54) is 4.90 Å². The number of rotatable bonds is 7. The highest BCUT2D eigenvalue weighted by molar-refractivity contribution is 6.51. The van der Waals surface area contributed by atoms with Gasteiger partial charge in [-0.3, -0.25) is 14.5 Å². The summed E-state index contributed by atoms with van der Waals surface area (Å²) < 4.78 is 16.2. The summed E-state index contributed by atoms with van der Waals surface area (Å²) in [6.07, 6.45) is 0.831. The van der Waals surface area contributed by atoms with Crippen molar-refractivity contribution in [3.63, 3.8) is 0 Å². The molecule has 1 N–H and O–H groups in total. The van der Waals surface area contributed by atoms with E-state index in [9.17, 15) is 14.7 Å². The zero-order valence-corrected chi connectivity index (χ0v) is 19.5. The number of benzene rings is 2. The van der Waals surface area contributed by atoms with Gasteiger partial charge in [-0.1, -0.05) is 24.2 Å². The molecule has 8 heteroatoms. The second-order valence-corrected chi connectivity index (χ2v) is 8.07. The molecule has 0 aliphatic carbocycles. The highest BCUT2D eigenvalue weighted by Crippen LogP contribution is 2.42. The molecular formula is C26H26N2O6. The Morgan fingerprint density at radius 2 is 1.94 bits per heavy atom. The number of nitrogens with zero attached hydrogens (tertiary/aromatic N) is 2. The van der Waals surface area contributed by atoms with Gasteiger partial charge in [0.1, 0.15) is 23.0 Å². The summed E-state index contributed by atoms with van der Waals surface area (Å²) in [6.45, 7) is 6.06. The lowest BCUT2D eigenvalue weighted by molar-refractivity contribution is -0.132. The lowest BCUT2D eigenvalue weighted by Gasteiger charge is -2.23. The van der Waals surface area contributed by atoms with E-state index in [-0.39, 0.29) is 17.2 Å². The first-order valence-corrected chi connectivity index (χ1v) is 11.0. The fourth-order valence-electron chi connectivity index (χ4n) is 4.03. The van der Waals surface area contributed by atoms with Crippen LogP contribution in [-0.4, -0.2) is 35.7 Å². The number of ketones is 1. The molecule has 0 radical (unpaired) electrons. The van der Waals surface area contributed by atoms with Crippen LogP contribution in [0.15, 0.2) is 58.6 Å². The third kappa shape index (κ3) is 4.14. The Hall–Kier alpha value is -4.07. The summed E-state index contributed by atoms with van der Waals surface area (Å²) in [6, 6.07) is 12.8. The monoisotopic (exact) mass is 462 g/mol. The highest BCUT2D eigenvalue weighted by Gasteiger charge is 2.48. The van der Waals surface area contributed by atoms with Crippen LogP contribution in [0.25, 0.3) is 5.76 Å². The Morgan fingerprint density at radius 3 is 2.59 bits per heavy atom. The van der Waals surface area contributed by atoms with Crippen LogP contribution in [0.3, 0.4) is 0 Å². The maximum absolute atomic E-state index is 13.2. The zero-order valence-electron chi connectivity index (χ0n) is 19.5. The van der Waals surface area contributed by atoms with Crippen LogP contribution in [0.5, 0.6) is 11.5 Å². The first kappa shape index (κ1) is 23.1. The van der Waals surface area contributed by atoms with Crippen molar-refractivity contribution in [2.75, 3.05) is 18.6 Å². The number of ether oxygens (including phenoxy) is 2. The Balaban J connectivity index is 1.90. The normalized spacial score (nSPS) is 17.3. The van der Waals surface area contributed by atoms with Crippen LogP contribution in [0.4, 0.5) is 5.82 Å². The molecule has 1 atom stereocenters. The van der Waals surface area contributed by atoms with E-state index < -0.39 is 17.7 Å². The summed E-state index contributed by atoms with van der Waals surface area (Å²) in [5.74, 6) is 0.0306. The quantitative estimate of drug-likeness (QED) is 0.308. The molecule has 2 aromatic carbocycles. The lowest BCUT2D eigenvalue weighted by atomic mass is 9.94. The van der Waals surface area contributed by atoms with Crippen molar-refractivity contribution in [1.29, 1.82) is 0 Å². The van der Waals surface area contributed by atoms with Crippen LogP contribution < -0.4 is 14.4 Å². The Labute approximate surface area is 197 Å². The van der Waals surface area contributed by atoms with Gasteiger partial charge in [-0.05, 0) is 61.7 Å². The SMILES string of the molecule is CCCOc1cccc([C@H]2C(=C(O)c3ccc(OC)c(C)c3)C(=O)C(=O)N2c2cc(C)on2)c1. The van der Waals surface area contributed by atoms with Gasteiger partial charge >= 0.3 is 5.91 Å². The van der Waals surface area contributed by atoms with E-state index in [0.717, 1.165) is 12.0 Å². The van der Waals surface area contributed by atoms with E-state index >= 15 is 0 Å². The van der Waals surface area contributed by atoms with Gasteiger partial charge in [-0.2, -0.15) is 0 Å². The Kier molecular flexibility index (Phi) is 6.40. The molecular weight excluding hydrogens is 436 g/mol. The molecule has 2 heterocycles. The van der Waals surface area contributed by atoms with Crippen molar-refractivity contribution in [1.82, 2.24) is 5.16 Å². The Bertz CT molecular complexity index is 1280. The molecule has 1 saturated heterocycles. The molecule has 1 aliphatic heterocycles. The number of Topliss-reactive ketones (excluding diaryl/α,β-unsaturated/α-hetero) is 1. The summed E-state index contributed by atoms with van der Waals surface area (Å²) in [7, 11) is 1.56. The van der Waals surface area contributed by atoms with Crippen molar-refractivity contribution in [2.45, 2.75) is 33.2 Å². The van der Waals surface area contributed by atoms with Gasteiger partial charge in [-0.15, -0.1) is 0 Å². The third-order valence-corrected chi connectivity index (χ3v) is 5.62.